The molecule has 0 radical (unpaired) electrons. The second kappa shape index (κ2) is 36.8. The van der Waals surface area contributed by atoms with Crippen molar-refractivity contribution in [3.63, 3.8) is 0 Å². The van der Waals surface area contributed by atoms with Gasteiger partial charge in [-0.15, -0.1) is 0 Å². The van der Waals surface area contributed by atoms with Gasteiger partial charge in [-0.3, -0.25) is 0 Å². The lowest BCUT2D eigenvalue weighted by Gasteiger charge is -1.24. The molecule has 5 heavy (non-hydrogen) atoms. The van der Waals surface area contributed by atoms with Crippen molar-refractivity contribution >= 4 is 8.69 Å². The average molecular weight is 100 g/mol. The fourth-order valence-corrected chi connectivity index (χ4v) is 0. The molecule has 0 atom stereocenters. The van der Waals surface area contributed by atoms with E-state index in [2.05, 4.69) is 0 Å². The van der Waals surface area contributed by atoms with Crippen LogP contribution in [0.5, 0.6) is 0 Å². The Morgan fingerprint density at radius 3 is 1.60 bits per heavy atom. The van der Waals surface area contributed by atoms with Gasteiger partial charge in [-0.25, -0.2) is 4.57 Å². The standard InChI is InChI=1S/H3N.HO2P.H2O/c;1-3-2;/h1H3;(H,1,2);1H2/p+1. The Bertz CT molecular complexity index is 14.4. The van der Waals surface area contributed by atoms with Crippen LogP contribution >= 0.6 is 8.69 Å². The van der Waals surface area contributed by atoms with Crippen molar-refractivity contribution < 1.29 is 14.9 Å². The van der Waals surface area contributed by atoms with Crippen LogP contribution in [0.4, 0.5) is 0 Å². The van der Waals surface area contributed by atoms with Crippen molar-refractivity contribution in [2.45, 2.75) is 0 Å². The Kier molecular flexibility index (Phi) is 148. The molecule has 0 saturated carbocycles. The molecule has 0 saturated heterocycles. The molecule has 0 aliphatic heterocycles. The van der Waals surface area contributed by atoms with Crippen LogP contribution in [0.2, 0.25) is 0 Å². The van der Waals surface area contributed by atoms with Gasteiger partial charge >= 0.3 is 8.69 Å². The van der Waals surface area contributed by atoms with E-state index in [4.69, 9.17) is 9.46 Å². The quantitative estimate of drug-likeness (QED) is 0.409. The van der Waals surface area contributed by atoms with Crippen molar-refractivity contribution in [2.75, 3.05) is 0 Å². The van der Waals surface area contributed by atoms with Crippen molar-refractivity contribution in [1.29, 1.82) is 0 Å². The van der Waals surface area contributed by atoms with Crippen molar-refractivity contribution in [2.24, 2.45) is 0 Å². The summed E-state index contributed by atoms with van der Waals surface area (Å²) in [6.45, 7) is 0. The summed E-state index contributed by atoms with van der Waals surface area (Å²) in [6.07, 6.45) is 0. The fraction of sp³-hybridized carbons (Fsp3) is 0. The van der Waals surface area contributed by atoms with Gasteiger partial charge in [-0.1, -0.05) is 0 Å². The Balaban J connectivity index is -0.0000000200. The van der Waals surface area contributed by atoms with Gasteiger partial charge in [0.05, 0.1) is 0 Å². The third kappa shape index (κ3) is 39000. The molecule has 0 spiro atoms. The lowest BCUT2D eigenvalue weighted by Crippen LogP contribution is -1.03. The van der Waals surface area contributed by atoms with Gasteiger partial charge in [0, 0.05) is 0 Å². The normalized spacial score (nSPS) is 4.20. The molecule has 0 heterocycles. The van der Waals surface area contributed by atoms with Crippen LogP contribution in [0.1, 0.15) is 0 Å². The highest BCUT2D eigenvalue weighted by molar-refractivity contribution is 7.16. The van der Waals surface area contributed by atoms with E-state index in [0.717, 1.165) is 0 Å². The van der Waals surface area contributed by atoms with E-state index in [9.17, 15) is 0 Å². The summed E-state index contributed by atoms with van der Waals surface area (Å²) in [5, 5.41) is 0. The third-order valence-corrected chi connectivity index (χ3v) is 0. The van der Waals surface area contributed by atoms with Crippen LogP contribution in [-0.2, 0) is 4.57 Å². The Morgan fingerprint density at radius 1 is 1.60 bits per heavy atom. The van der Waals surface area contributed by atoms with Crippen LogP contribution in [0.25, 0.3) is 0 Å². The molecule has 0 unspecified atom stereocenters. The number of hydrogen-bond donors (Lipinski definition) is 2. The van der Waals surface area contributed by atoms with E-state index in [1.807, 2.05) is 0 Å². The van der Waals surface area contributed by atoms with Crippen LogP contribution < -0.4 is 6.15 Å². The second-order valence-electron chi connectivity index (χ2n) is 0.0816. The van der Waals surface area contributed by atoms with Crippen molar-refractivity contribution in [1.82, 2.24) is 6.15 Å². The molecule has 7 N–H and O–H groups in total. The lowest BCUT2D eigenvalue weighted by atomic mass is 14.0. The molecule has 0 bridgehead atoms. The smallest absolute Gasteiger partial charge is 0.324 e. The predicted octanol–water partition coefficient (Wildman–Crippen LogP) is -0.263. The molecule has 4 nitrogen and oxygen atoms in total. The van der Waals surface area contributed by atoms with Crippen LogP contribution in [0, 0.1) is 0 Å². The predicted molar refractivity (Wildman–Crippen MR) is 19.4 cm³/mol. The molecule has 0 aliphatic carbocycles. The van der Waals surface area contributed by atoms with Gasteiger partial charge in [0.15, 0.2) is 0 Å². The summed E-state index contributed by atoms with van der Waals surface area (Å²) in [6, 6.07) is 0. The van der Waals surface area contributed by atoms with Crippen LogP contribution in [-0.4, -0.2) is 10.4 Å². The molecule has 0 aromatic carbocycles. The third-order valence-electron chi connectivity index (χ3n) is 0. The van der Waals surface area contributed by atoms with Gasteiger partial charge in [0.1, 0.15) is 0 Å². The summed E-state index contributed by atoms with van der Waals surface area (Å²) in [5.74, 6) is 0. The highest BCUT2D eigenvalue weighted by atomic mass is 31.1. The average Bonchev–Trinajstić information content (AvgIpc) is 0.918. The maximum Gasteiger partial charge on any atom is 0.324 e. The number of hydrogen-bond acceptors (Lipinski definition) is 1. The molecule has 5 heteroatoms. The Morgan fingerprint density at radius 2 is 1.60 bits per heavy atom. The molecule has 0 amide bonds. The van der Waals surface area contributed by atoms with Crippen molar-refractivity contribution in [3.8, 4) is 0 Å². The van der Waals surface area contributed by atoms with Crippen LogP contribution in [0.15, 0.2) is 0 Å². The molecule has 0 fully saturated rings. The van der Waals surface area contributed by atoms with Crippen LogP contribution in [0.3, 0.4) is 0 Å². The maximum atomic E-state index is 8.46. The zero-order chi connectivity index (χ0) is 2.71. The topological polar surface area (TPSA) is 105 Å². The molecular formula is H7NO3P+. The molecular weight excluding hydrogens is 93.0 g/mol. The fourth-order valence-electron chi connectivity index (χ4n) is 0. The summed E-state index contributed by atoms with van der Waals surface area (Å²) < 4.78 is 8.46. The van der Waals surface area contributed by atoms with Gasteiger partial charge in [-0.2, -0.15) is 0 Å². The molecule has 34 valence electrons. The molecule has 0 rings (SSSR count). The Labute approximate surface area is 31.0 Å². The van der Waals surface area contributed by atoms with E-state index >= 15 is 0 Å². The summed E-state index contributed by atoms with van der Waals surface area (Å²) in [7, 11) is -0.833. The lowest BCUT2D eigenvalue weighted by molar-refractivity contribution is 0.524. The van der Waals surface area contributed by atoms with E-state index < -0.39 is 8.69 Å². The molecule has 0 aliphatic rings. The van der Waals surface area contributed by atoms with Gasteiger partial charge in [0.25, 0.3) is 0 Å². The first-order valence-electron chi connectivity index (χ1n) is 0.383. The largest absolute Gasteiger partial charge is 0.412 e. The molecule has 0 aromatic rings. The second-order valence-corrected chi connectivity index (χ2v) is 0.245. The Hall–Kier alpha value is -0.0200. The first-order valence-corrected chi connectivity index (χ1v) is 1.15. The van der Waals surface area contributed by atoms with Crippen molar-refractivity contribution in [3.05, 3.63) is 0 Å². The minimum atomic E-state index is -0.833. The number of quaternary nitrogens is 1. The first-order chi connectivity index (χ1) is 1.41. The monoisotopic (exact) mass is 100 g/mol. The van der Waals surface area contributed by atoms with Gasteiger partial charge in [-0.05, 0) is 0 Å². The highest BCUT2D eigenvalue weighted by Crippen LogP contribution is 1.66. The SMILES string of the molecule is O.O=PO.[NH4+]. The zero-order valence-electron chi connectivity index (χ0n) is 2.80. The zero-order valence-corrected chi connectivity index (χ0v) is 3.70. The first kappa shape index (κ1) is 20.1. The summed E-state index contributed by atoms with van der Waals surface area (Å²) >= 11 is 0. The minimum absolute atomic E-state index is 0. The minimum Gasteiger partial charge on any atom is -0.412 e. The van der Waals surface area contributed by atoms with E-state index in [1.165, 1.54) is 0 Å². The van der Waals surface area contributed by atoms with Gasteiger partial charge in [0.2, 0.25) is 0 Å². The maximum absolute atomic E-state index is 8.46. The van der Waals surface area contributed by atoms with Gasteiger partial charge < -0.3 is 16.5 Å². The highest BCUT2D eigenvalue weighted by Gasteiger charge is 1.28. The van der Waals surface area contributed by atoms with E-state index in [-0.39, 0.29) is 11.6 Å². The molecule has 0 aromatic heterocycles. The summed E-state index contributed by atoms with van der Waals surface area (Å²) in [5.41, 5.74) is 0. The summed E-state index contributed by atoms with van der Waals surface area (Å²) in [4.78, 5) is 6.99. The van der Waals surface area contributed by atoms with E-state index in [0.29, 0.717) is 0 Å². The van der Waals surface area contributed by atoms with E-state index in [1.54, 1.807) is 0 Å². The number of rotatable bonds is 0.